The van der Waals surface area contributed by atoms with Gasteiger partial charge in [-0.2, -0.15) is 0 Å². The average molecular weight is 257 g/mol. The fourth-order valence-electron chi connectivity index (χ4n) is 1.62. The molecule has 0 amide bonds. The van der Waals surface area contributed by atoms with Crippen molar-refractivity contribution in [1.82, 2.24) is 9.97 Å². The molecular weight excluding hydrogens is 236 g/mol. The molecule has 0 radical (unpaired) electrons. The van der Waals surface area contributed by atoms with Crippen molar-refractivity contribution in [3.63, 3.8) is 0 Å². The number of alkyl halides is 1. The zero-order valence-corrected chi connectivity index (χ0v) is 11.4. The van der Waals surface area contributed by atoms with Crippen LogP contribution in [0.1, 0.15) is 45.2 Å². The first-order chi connectivity index (χ1) is 8.30. The largest absolute Gasteiger partial charge is 0.476 e. The number of rotatable bonds is 8. The Hall–Kier alpha value is -0.830. The van der Waals surface area contributed by atoms with Crippen LogP contribution < -0.4 is 4.74 Å². The topological polar surface area (TPSA) is 35.0 Å². The van der Waals surface area contributed by atoms with Crippen LogP contribution in [0.2, 0.25) is 0 Å². The maximum absolute atomic E-state index is 5.70. The van der Waals surface area contributed by atoms with Crippen LogP contribution in [0.15, 0.2) is 12.4 Å². The van der Waals surface area contributed by atoms with Gasteiger partial charge in [-0.15, -0.1) is 11.6 Å². The summed E-state index contributed by atoms with van der Waals surface area (Å²) in [4.78, 5) is 8.31. The molecule has 1 atom stereocenters. The molecule has 0 bridgehead atoms. The summed E-state index contributed by atoms with van der Waals surface area (Å²) in [5.41, 5.74) is 0.755. The molecule has 0 spiro atoms. The minimum Gasteiger partial charge on any atom is -0.476 e. The number of hydrogen-bond donors (Lipinski definition) is 0. The first-order valence-electron chi connectivity index (χ1n) is 6.29. The van der Waals surface area contributed by atoms with Crippen molar-refractivity contribution < 1.29 is 4.74 Å². The van der Waals surface area contributed by atoms with Gasteiger partial charge in [0.05, 0.1) is 24.4 Å². The second-order valence-electron chi connectivity index (χ2n) is 4.21. The van der Waals surface area contributed by atoms with Crippen LogP contribution in [-0.4, -0.2) is 16.6 Å². The molecule has 0 N–H and O–H groups in total. The lowest BCUT2D eigenvalue weighted by molar-refractivity contribution is 0.224. The lowest BCUT2D eigenvalue weighted by Gasteiger charge is -2.14. The van der Waals surface area contributed by atoms with Crippen LogP contribution in [0.5, 0.6) is 5.88 Å². The predicted octanol–water partition coefficient (Wildman–Crippen LogP) is 3.81. The van der Waals surface area contributed by atoms with Crippen molar-refractivity contribution in [2.75, 3.05) is 6.61 Å². The van der Waals surface area contributed by atoms with Gasteiger partial charge in [-0.3, -0.25) is 4.98 Å². The number of nitrogens with zero attached hydrogens (tertiary/aromatic N) is 2. The smallest absolute Gasteiger partial charge is 0.232 e. The molecule has 0 aliphatic heterocycles. The van der Waals surface area contributed by atoms with Gasteiger partial charge in [0.25, 0.3) is 0 Å². The molecule has 0 fully saturated rings. The minimum absolute atomic E-state index is 0.372. The zero-order valence-electron chi connectivity index (χ0n) is 10.7. The summed E-state index contributed by atoms with van der Waals surface area (Å²) in [6.07, 6.45) is 8.16. The molecule has 1 aromatic heterocycles. The Labute approximate surface area is 109 Å². The van der Waals surface area contributed by atoms with E-state index in [-0.39, 0.29) is 0 Å². The maximum atomic E-state index is 5.70. The first-order valence-corrected chi connectivity index (χ1v) is 6.83. The standard InChI is InChI=1S/C13H21ClN2O/c1-3-5-6-11(4-2)10-17-13-9-15-8-12(7-14)16-13/h8-9,11H,3-7,10H2,1-2H3. The quantitative estimate of drug-likeness (QED) is 0.664. The van der Waals surface area contributed by atoms with Crippen LogP contribution >= 0.6 is 11.6 Å². The van der Waals surface area contributed by atoms with Gasteiger partial charge < -0.3 is 4.74 Å². The van der Waals surface area contributed by atoms with Crippen molar-refractivity contribution in [2.45, 2.75) is 45.4 Å². The van der Waals surface area contributed by atoms with Crippen LogP contribution in [0.25, 0.3) is 0 Å². The molecular formula is C13H21ClN2O. The normalized spacial score (nSPS) is 12.4. The van der Waals surface area contributed by atoms with Gasteiger partial charge in [-0.05, 0) is 12.3 Å². The number of halogens is 1. The van der Waals surface area contributed by atoms with E-state index < -0.39 is 0 Å². The summed E-state index contributed by atoms with van der Waals surface area (Å²) in [6.45, 7) is 5.13. The first kappa shape index (κ1) is 14.2. The van der Waals surface area contributed by atoms with E-state index in [1.54, 1.807) is 12.4 Å². The molecule has 0 aromatic carbocycles. The molecule has 1 unspecified atom stereocenters. The van der Waals surface area contributed by atoms with E-state index in [0.29, 0.717) is 17.7 Å². The van der Waals surface area contributed by atoms with Crippen LogP contribution in [0.4, 0.5) is 0 Å². The highest BCUT2D eigenvalue weighted by atomic mass is 35.5. The highest BCUT2D eigenvalue weighted by Gasteiger charge is 2.07. The van der Waals surface area contributed by atoms with Crippen LogP contribution in [0.3, 0.4) is 0 Å². The summed E-state index contributed by atoms with van der Waals surface area (Å²) in [5, 5.41) is 0. The van der Waals surface area contributed by atoms with E-state index in [9.17, 15) is 0 Å². The average Bonchev–Trinajstić information content (AvgIpc) is 2.39. The van der Waals surface area contributed by atoms with E-state index >= 15 is 0 Å². The Morgan fingerprint density at radius 2 is 2.18 bits per heavy atom. The Kier molecular flexibility index (Phi) is 6.94. The predicted molar refractivity (Wildman–Crippen MR) is 70.4 cm³/mol. The maximum Gasteiger partial charge on any atom is 0.232 e. The molecule has 1 rings (SSSR count). The highest BCUT2D eigenvalue weighted by Crippen LogP contribution is 2.15. The fourth-order valence-corrected chi connectivity index (χ4v) is 1.75. The van der Waals surface area contributed by atoms with E-state index in [1.165, 1.54) is 19.3 Å². The third-order valence-electron chi connectivity index (χ3n) is 2.81. The highest BCUT2D eigenvalue weighted by molar-refractivity contribution is 6.16. The summed E-state index contributed by atoms with van der Waals surface area (Å²) >= 11 is 5.70. The van der Waals surface area contributed by atoms with Crippen molar-refractivity contribution in [3.05, 3.63) is 18.1 Å². The summed E-state index contributed by atoms with van der Waals surface area (Å²) < 4.78 is 5.67. The van der Waals surface area contributed by atoms with Crippen LogP contribution in [0, 0.1) is 5.92 Å². The van der Waals surface area contributed by atoms with E-state index in [1.807, 2.05) is 0 Å². The van der Waals surface area contributed by atoms with Gasteiger partial charge in [0.2, 0.25) is 5.88 Å². The lowest BCUT2D eigenvalue weighted by Crippen LogP contribution is -2.12. The number of ether oxygens (including phenoxy) is 1. The molecule has 96 valence electrons. The number of hydrogen-bond acceptors (Lipinski definition) is 3. The van der Waals surface area contributed by atoms with Gasteiger partial charge in [0, 0.05) is 6.20 Å². The van der Waals surface area contributed by atoms with E-state index in [2.05, 4.69) is 23.8 Å². The van der Waals surface area contributed by atoms with Gasteiger partial charge in [0.1, 0.15) is 0 Å². The summed E-state index contributed by atoms with van der Waals surface area (Å²) in [5.74, 6) is 1.56. The van der Waals surface area contributed by atoms with E-state index in [0.717, 1.165) is 18.7 Å². The van der Waals surface area contributed by atoms with Gasteiger partial charge in [-0.25, -0.2) is 4.98 Å². The monoisotopic (exact) mass is 256 g/mol. The fraction of sp³-hybridized carbons (Fsp3) is 0.692. The third kappa shape index (κ3) is 5.35. The molecule has 0 aliphatic carbocycles. The molecule has 1 heterocycles. The molecule has 4 heteroatoms. The van der Waals surface area contributed by atoms with Crippen LogP contribution in [-0.2, 0) is 5.88 Å². The van der Waals surface area contributed by atoms with Crippen molar-refractivity contribution in [3.8, 4) is 5.88 Å². The van der Waals surface area contributed by atoms with E-state index in [4.69, 9.17) is 16.3 Å². The molecule has 0 aliphatic rings. The number of unbranched alkanes of at least 4 members (excludes halogenated alkanes) is 1. The van der Waals surface area contributed by atoms with Crippen molar-refractivity contribution >= 4 is 11.6 Å². The molecule has 1 aromatic rings. The summed E-state index contributed by atoms with van der Waals surface area (Å²) in [6, 6.07) is 0. The second-order valence-corrected chi connectivity index (χ2v) is 4.48. The Morgan fingerprint density at radius 3 is 2.82 bits per heavy atom. The van der Waals surface area contributed by atoms with Crippen molar-refractivity contribution in [1.29, 1.82) is 0 Å². The molecule has 17 heavy (non-hydrogen) atoms. The zero-order chi connectivity index (χ0) is 12.5. The second kappa shape index (κ2) is 8.29. The molecule has 0 saturated carbocycles. The Morgan fingerprint density at radius 1 is 1.35 bits per heavy atom. The molecule has 0 saturated heterocycles. The Balaban J connectivity index is 2.41. The Bertz CT molecular complexity index is 320. The van der Waals surface area contributed by atoms with Gasteiger partial charge >= 0.3 is 0 Å². The summed E-state index contributed by atoms with van der Waals surface area (Å²) in [7, 11) is 0. The van der Waals surface area contributed by atoms with Gasteiger partial charge in [-0.1, -0.05) is 33.1 Å². The SMILES string of the molecule is CCCCC(CC)COc1cncc(CCl)n1. The number of aromatic nitrogens is 2. The van der Waals surface area contributed by atoms with Crippen molar-refractivity contribution in [2.24, 2.45) is 5.92 Å². The third-order valence-corrected chi connectivity index (χ3v) is 3.08. The minimum atomic E-state index is 0.372. The molecule has 3 nitrogen and oxygen atoms in total. The van der Waals surface area contributed by atoms with Gasteiger partial charge in [0.15, 0.2) is 0 Å². The lowest BCUT2D eigenvalue weighted by atomic mass is 10.0.